The van der Waals surface area contributed by atoms with E-state index in [2.05, 4.69) is 5.32 Å². The molecular formula is C10H11Cl2NO2. The van der Waals surface area contributed by atoms with Crippen molar-refractivity contribution in [3.05, 3.63) is 33.8 Å². The average molecular weight is 248 g/mol. The zero-order valence-corrected chi connectivity index (χ0v) is 9.73. The van der Waals surface area contributed by atoms with Crippen LogP contribution in [0, 0.1) is 0 Å². The van der Waals surface area contributed by atoms with E-state index < -0.39 is 0 Å². The Balaban J connectivity index is 2.65. The fraction of sp³-hybridized carbons (Fsp3) is 0.300. The summed E-state index contributed by atoms with van der Waals surface area (Å²) in [5, 5.41) is 3.52. The summed E-state index contributed by atoms with van der Waals surface area (Å²) >= 11 is 11.6. The van der Waals surface area contributed by atoms with E-state index in [4.69, 9.17) is 27.9 Å². The monoisotopic (exact) mass is 247 g/mol. The summed E-state index contributed by atoms with van der Waals surface area (Å²) in [5.74, 6) is -0.228. The Hall–Kier alpha value is -0.770. The number of nitrogens with one attached hydrogen (secondary N) is 1. The average Bonchev–Trinajstić information content (AvgIpc) is 2.17. The van der Waals surface area contributed by atoms with Gasteiger partial charge in [0.1, 0.15) is 0 Å². The quantitative estimate of drug-likeness (QED) is 0.830. The van der Waals surface area contributed by atoms with Gasteiger partial charge in [0.2, 0.25) is 0 Å². The second-order valence-electron chi connectivity index (χ2n) is 2.87. The third kappa shape index (κ3) is 3.70. The van der Waals surface area contributed by atoms with Crippen LogP contribution in [0.3, 0.4) is 0 Å². The maximum Gasteiger partial charge on any atom is 0.252 e. The van der Waals surface area contributed by atoms with E-state index in [1.54, 1.807) is 19.2 Å². The van der Waals surface area contributed by atoms with Crippen LogP contribution >= 0.6 is 23.2 Å². The lowest BCUT2D eigenvalue weighted by Crippen LogP contribution is -2.27. The van der Waals surface area contributed by atoms with Crippen molar-refractivity contribution in [2.24, 2.45) is 0 Å². The van der Waals surface area contributed by atoms with Crippen molar-refractivity contribution in [3.63, 3.8) is 0 Å². The number of benzene rings is 1. The number of carbonyl (C=O) groups excluding carboxylic acids is 1. The first-order valence-electron chi connectivity index (χ1n) is 4.37. The number of carbonyl (C=O) groups is 1. The highest BCUT2D eigenvalue weighted by atomic mass is 35.5. The predicted octanol–water partition coefficient (Wildman–Crippen LogP) is 2.37. The zero-order valence-electron chi connectivity index (χ0n) is 8.22. The fourth-order valence-corrected chi connectivity index (χ4v) is 1.53. The third-order valence-electron chi connectivity index (χ3n) is 1.77. The van der Waals surface area contributed by atoms with Gasteiger partial charge in [-0.1, -0.05) is 23.2 Å². The lowest BCUT2D eigenvalue weighted by molar-refractivity contribution is 0.0937. The molecule has 0 atom stereocenters. The van der Waals surface area contributed by atoms with Crippen molar-refractivity contribution in [1.29, 1.82) is 0 Å². The van der Waals surface area contributed by atoms with Gasteiger partial charge in [-0.15, -0.1) is 0 Å². The van der Waals surface area contributed by atoms with Gasteiger partial charge in [0, 0.05) is 18.7 Å². The molecule has 0 saturated carbocycles. The van der Waals surface area contributed by atoms with Gasteiger partial charge >= 0.3 is 0 Å². The molecule has 0 spiro atoms. The van der Waals surface area contributed by atoms with Gasteiger partial charge in [0.25, 0.3) is 5.91 Å². The maximum absolute atomic E-state index is 11.6. The second kappa shape index (κ2) is 5.95. The molecule has 1 aromatic carbocycles. The summed E-state index contributed by atoms with van der Waals surface area (Å²) in [6.45, 7) is 0.922. The van der Waals surface area contributed by atoms with Crippen LogP contribution in [0.2, 0.25) is 10.0 Å². The smallest absolute Gasteiger partial charge is 0.252 e. The SMILES string of the molecule is COCCNC(=O)c1ccc(Cl)cc1Cl. The first kappa shape index (κ1) is 12.3. The first-order valence-corrected chi connectivity index (χ1v) is 5.13. The van der Waals surface area contributed by atoms with Crippen LogP contribution in [0.4, 0.5) is 0 Å². The molecule has 1 N–H and O–H groups in total. The summed E-state index contributed by atoms with van der Waals surface area (Å²) < 4.78 is 4.81. The van der Waals surface area contributed by atoms with Crippen LogP contribution in [0.25, 0.3) is 0 Å². The maximum atomic E-state index is 11.6. The number of ether oxygens (including phenoxy) is 1. The van der Waals surface area contributed by atoms with Gasteiger partial charge < -0.3 is 10.1 Å². The molecule has 0 aliphatic carbocycles. The lowest BCUT2D eigenvalue weighted by atomic mass is 10.2. The summed E-state index contributed by atoms with van der Waals surface area (Å²) in [5.41, 5.74) is 0.414. The molecule has 3 nitrogen and oxygen atoms in total. The Bertz CT molecular complexity index is 355. The fourth-order valence-electron chi connectivity index (χ4n) is 1.04. The molecule has 82 valence electrons. The minimum atomic E-state index is -0.228. The third-order valence-corrected chi connectivity index (χ3v) is 2.32. The Morgan fingerprint density at radius 2 is 2.20 bits per heavy atom. The molecule has 1 aromatic rings. The number of methoxy groups -OCH3 is 1. The van der Waals surface area contributed by atoms with E-state index in [1.807, 2.05) is 0 Å². The number of hydrogen-bond acceptors (Lipinski definition) is 2. The molecule has 0 radical (unpaired) electrons. The van der Waals surface area contributed by atoms with Crippen molar-refractivity contribution >= 4 is 29.1 Å². The number of halogens is 2. The molecule has 0 heterocycles. The second-order valence-corrected chi connectivity index (χ2v) is 3.72. The molecule has 0 saturated heterocycles. The highest BCUT2D eigenvalue weighted by molar-refractivity contribution is 6.36. The Morgan fingerprint density at radius 3 is 2.80 bits per heavy atom. The molecule has 1 rings (SSSR count). The Morgan fingerprint density at radius 1 is 1.47 bits per heavy atom. The highest BCUT2D eigenvalue weighted by Crippen LogP contribution is 2.20. The standard InChI is InChI=1S/C10H11Cl2NO2/c1-15-5-4-13-10(14)8-3-2-7(11)6-9(8)12/h2-3,6H,4-5H2,1H3,(H,13,14). The minimum absolute atomic E-state index is 0.228. The largest absolute Gasteiger partial charge is 0.383 e. The Labute approximate surface area is 98.3 Å². The van der Waals surface area contributed by atoms with Crippen molar-refractivity contribution in [2.45, 2.75) is 0 Å². The molecule has 5 heteroatoms. The molecule has 0 aliphatic rings. The number of rotatable bonds is 4. The van der Waals surface area contributed by atoms with E-state index in [0.29, 0.717) is 28.8 Å². The zero-order chi connectivity index (χ0) is 11.3. The van der Waals surface area contributed by atoms with Crippen LogP contribution < -0.4 is 5.32 Å². The van der Waals surface area contributed by atoms with E-state index >= 15 is 0 Å². The van der Waals surface area contributed by atoms with Crippen LogP contribution in [0.5, 0.6) is 0 Å². The van der Waals surface area contributed by atoms with Crippen molar-refractivity contribution < 1.29 is 9.53 Å². The highest BCUT2D eigenvalue weighted by Gasteiger charge is 2.09. The van der Waals surface area contributed by atoms with Gasteiger partial charge in [-0.2, -0.15) is 0 Å². The number of amides is 1. The van der Waals surface area contributed by atoms with E-state index in [0.717, 1.165) is 0 Å². The molecule has 0 aliphatic heterocycles. The van der Waals surface area contributed by atoms with Crippen LogP contribution in [0.1, 0.15) is 10.4 Å². The Kier molecular flexibility index (Phi) is 4.88. The van der Waals surface area contributed by atoms with Gasteiger partial charge in [-0.25, -0.2) is 0 Å². The summed E-state index contributed by atoms with van der Waals surface area (Å²) in [6.07, 6.45) is 0. The lowest BCUT2D eigenvalue weighted by Gasteiger charge is -2.06. The van der Waals surface area contributed by atoms with Crippen molar-refractivity contribution in [3.8, 4) is 0 Å². The summed E-state index contributed by atoms with van der Waals surface area (Å²) in [7, 11) is 1.57. The van der Waals surface area contributed by atoms with Crippen molar-refractivity contribution in [2.75, 3.05) is 20.3 Å². The summed E-state index contributed by atoms with van der Waals surface area (Å²) in [4.78, 5) is 11.6. The minimum Gasteiger partial charge on any atom is -0.383 e. The van der Waals surface area contributed by atoms with Gasteiger partial charge in [-0.3, -0.25) is 4.79 Å². The topological polar surface area (TPSA) is 38.3 Å². The van der Waals surface area contributed by atoms with E-state index in [-0.39, 0.29) is 5.91 Å². The molecule has 15 heavy (non-hydrogen) atoms. The van der Waals surface area contributed by atoms with E-state index in [9.17, 15) is 4.79 Å². The van der Waals surface area contributed by atoms with Crippen LogP contribution in [-0.2, 0) is 4.74 Å². The van der Waals surface area contributed by atoms with Gasteiger partial charge in [-0.05, 0) is 18.2 Å². The molecule has 0 unspecified atom stereocenters. The normalized spacial score (nSPS) is 10.1. The molecule has 0 bridgehead atoms. The van der Waals surface area contributed by atoms with Gasteiger partial charge in [0.15, 0.2) is 0 Å². The molecule has 0 aromatic heterocycles. The molecular weight excluding hydrogens is 237 g/mol. The predicted molar refractivity (Wildman–Crippen MR) is 60.7 cm³/mol. The van der Waals surface area contributed by atoms with Gasteiger partial charge in [0.05, 0.1) is 17.2 Å². The molecule has 1 amide bonds. The van der Waals surface area contributed by atoms with Crippen LogP contribution in [0.15, 0.2) is 18.2 Å². The molecule has 0 fully saturated rings. The van der Waals surface area contributed by atoms with Crippen LogP contribution in [-0.4, -0.2) is 26.2 Å². The van der Waals surface area contributed by atoms with E-state index in [1.165, 1.54) is 6.07 Å². The number of hydrogen-bond donors (Lipinski definition) is 1. The summed E-state index contributed by atoms with van der Waals surface area (Å²) in [6, 6.07) is 4.75. The van der Waals surface area contributed by atoms with Crippen molar-refractivity contribution in [1.82, 2.24) is 5.32 Å². The first-order chi connectivity index (χ1) is 7.15.